The van der Waals surface area contributed by atoms with Crippen molar-refractivity contribution >= 4 is 11.9 Å². The monoisotopic (exact) mass is 389 g/mol. The van der Waals surface area contributed by atoms with Crippen molar-refractivity contribution in [3.63, 3.8) is 0 Å². The van der Waals surface area contributed by atoms with Crippen LogP contribution in [0, 0.1) is 0 Å². The highest BCUT2D eigenvalue weighted by atomic mass is 19.4. The smallest absolute Gasteiger partial charge is 0.434 e. The summed E-state index contributed by atoms with van der Waals surface area (Å²) in [6, 6.07) is -1.21. The van der Waals surface area contributed by atoms with E-state index in [-0.39, 0.29) is 17.9 Å². The minimum atomic E-state index is -5.66. The van der Waals surface area contributed by atoms with E-state index >= 15 is 0 Å². The van der Waals surface area contributed by atoms with E-state index in [0.717, 1.165) is 0 Å². The fourth-order valence-electron chi connectivity index (χ4n) is 1.86. The Morgan fingerprint density at radius 3 is 1.92 bits per heavy atom. The molecule has 26 heavy (non-hydrogen) atoms. The van der Waals surface area contributed by atoms with E-state index in [1.54, 1.807) is 25.7 Å². The van der Waals surface area contributed by atoms with Crippen LogP contribution in [0.15, 0.2) is 0 Å². The van der Waals surface area contributed by atoms with Crippen molar-refractivity contribution in [2.24, 2.45) is 0 Å². The van der Waals surface area contributed by atoms with Gasteiger partial charge in [0, 0.05) is 19.1 Å². The van der Waals surface area contributed by atoms with E-state index in [1.165, 1.54) is 0 Å². The number of hydrogen-bond donors (Lipinski definition) is 1. The number of nitrogens with one attached hydrogen (secondary N) is 1. The van der Waals surface area contributed by atoms with Gasteiger partial charge in [0.25, 0.3) is 6.10 Å². The Labute approximate surface area is 147 Å². The van der Waals surface area contributed by atoms with Gasteiger partial charge >= 0.3 is 18.4 Å². The van der Waals surface area contributed by atoms with Crippen LogP contribution < -0.4 is 15.0 Å². The lowest BCUT2D eigenvalue weighted by Crippen LogP contribution is -2.47. The molecule has 0 saturated carbocycles. The molecule has 0 amide bonds. The third-order valence-electron chi connectivity index (χ3n) is 3.46. The third-order valence-corrected chi connectivity index (χ3v) is 3.46. The zero-order valence-corrected chi connectivity index (χ0v) is 14.7. The van der Waals surface area contributed by atoms with Gasteiger partial charge in [0.05, 0.1) is 0 Å². The zero-order valence-electron chi connectivity index (χ0n) is 14.7. The molecule has 0 radical (unpaired) electrons. The predicted molar refractivity (Wildman–Crippen MR) is 83.3 cm³/mol. The second kappa shape index (κ2) is 8.58. The minimum Gasteiger partial charge on any atom is -0.440 e. The van der Waals surface area contributed by atoms with Crippen LogP contribution in [0.1, 0.15) is 34.1 Å². The van der Waals surface area contributed by atoms with Gasteiger partial charge in [-0.1, -0.05) is 6.92 Å². The minimum absolute atomic E-state index is 0.0751. The topological polar surface area (TPSA) is 63.2 Å². The number of ether oxygens (including phenoxy) is 1. The first-order valence-electron chi connectivity index (χ1n) is 7.99. The summed E-state index contributed by atoms with van der Waals surface area (Å²) in [5, 5.41) is 2.79. The van der Waals surface area contributed by atoms with Gasteiger partial charge in [0.1, 0.15) is 0 Å². The van der Waals surface area contributed by atoms with Crippen molar-refractivity contribution in [3.05, 3.63) is 0 Å². The molecule has 1 atom stereocenters. The van der Waals surface area contributed by atoms with Crippen molar-refractivity contribution in [1.82, 2.24) is 15.0 Å². The highest BCUT2D eigenvalue weighted by Crippen LogP contribution is 2.36. The third kappa shape index (κ3) is 6.06. The summed E-state index contributed by atoms with van der Waals surface area (Å²) in [7, 11) is 0. The van der Waals surface area contributed by atoms with Gasteiger partial charge in [0.15, 0.2) is 0 Å². The number of anilines is 2. The number of alkyl halides is 6. The van der Waals surface area contributed by atoms with Gasteiger partial charge in [-0.3, -0.25) is 0 Å². The molecule has 1 aromatic rings. The maximum absolute atomic E-state index is 12.7. The van der Waals surface area contributed by atoms with Crippen molar-refractivity contribution in [1.29, 1.82) is 0 Å². The van der Waals surface area contributed by atoms with E-state index in [9.17, 15) is 26.3 Å². The molecule has 150 valence electrons. The number of hydrogen-bond acceptors (Lipinski definition) is 6. The summed E-state index contributed by atoms with van der Waals surface area (Å²) in [6.45, 7) is 7.86. The first-order chi connectivity index (χ1) is 11.9. The van der Waals surface area contributed by atoms with Crippen molar-refractivity contribution < 1.29 is 31.1 Å². The van der Waals surface area contributed by atoms with Gasteiger partial charge in [0.2, 0.25) is 11.9 Å². The SMILES string of the molecule is CCC(C)Nc1nc(OC(C(F)(F)F)C(F)(F)F)nc(N(CC)CC)n1. The molecule has 1 N–H and O–H groups in total. The lowest BCUT2D eigenvalue weighted by atomic mass is 10.3. The van der Waals surface area contributed by atoms with E-state index in [4.69, 9.17) is 0 Å². The van der Waals surface area contributed by atoms with Crippen LogP contribution in [0.2, 0.25) is 0 Å². The Hall–Kier alpha value is -2.01. The van der Waals surface area contributed by atoms with E-state index in [0.29, 0.717) is 19.5 Å². The molecule has 0 aliphatic heterocycles. The lowest BCUT2D eigenvalue weighted by molar-refractivity contribution is -0.301. The molecule has 6 nitrogen and oxygen atoms in total. The standard InChI is InChI=1S/C14H21F6N5O/c1-5-8(4)21-10-22-11(25(6-2)7-3)24-12(23-10)26-9(13(15,16)17)14(18,19)20/h8-9H,5-7H2,1-4H3,(H,21,22,23,24). The molecule has 0 aliphatic carbocycles. The summed E-state index contributed by atoms with van der Waals surface area (Å²) in [5.74, 6) is -0.233. The number of aromatic nitrogens is 3. The average Bonchev–Trinajstić information content (AvgIpc) is 2.51. The Bertz CT molecular complexity index is 562. The molecule has 0 spiro atoms. The van der Waals surface area contributed by atoms with Crippen molar-refractivity contribution in [3.8, 4) is 6.01 Å². The average molecular weight is 389 g/mol. The Morgan fingerprint density at radius 1 is 0.962 bits per heavy atom. The molecule has 1 heterocycles. The van der Waals surface area contributed by atoms with Gasteiger partial charge in [-0.2, -0.15) is 41.3 Å². The fraction of sp³-hybridized carbons (Fsp3) is 0.786. The zero-order chi connectivity index (χ0) is 20.1. The van der Waals surface area contributed by atoms with Crippen LogP contribution in [-0.2, 0) is 0 Å². The van der Waals surface area contributed by atoms with E-state index in [2.05, 4.69) is 25.0 Å². The van der Waals surface area contributed by atoms with Gasteiger partial charge in [-0.05, 0) is 27.2 Å². The fourth-order valence-corrected chi connectivity index (χ4v) is 1.86. The molecule has 1 rings (SSSR count). The van der Waals surface area contributed by atoms with Crippen molar-refractivity contribution in [2.45, 2.75) is 58.6 Å². The molecule has 1 aromatic heterocycles. The highest BCUT2D eigenvalue weighted by Gasteiger charge is 2.59. The van der Waals surface area contributed by atoms with Crippen LogP contribution in [0.4, 0.5) is 38.2 Å². The summed E-state index contributed by atoms with van der Waals surface area (Å²) in [6.07, 6.45) is -14.7. The van der Waals surface area contributed by atoms with Gasteiger partial charge < -0.3 is 15.0 Å². The number of halogens is 6. The summed E-state index contributed by atoms with van der Waals surface area (Å²) in [5.41, 5.74) is 0. The first kappa shape index (κ1) is 22.0. The molecular weight excluding hydrogens is 368 g/mol. The van der Waals surface area contributed by atoms with Crippen LogP contribution in [-0.4, -0.2) is 52.5 Å². The second-order valence-corrected chi connectivity index (χ2v) is 5.45. The van der Waals surface area contributed by atoms with Crippen LogP contribution in [0.3, 0.4) is 0 Å². The maximum atomic E-state index is 12.7. The number of nitrogens with zero attached hydrogens (tertiary/aromatic N) is 4. The van der Waals surface area contributed by atoms with Gasteiger partial charge in [-0.25, -0.2) is 0 Å². The quantitative estimate of drug-likeness (QED) is 0.683. The highest BCUT2D eigenvalue weighted by molar-refractivity contribution is 5.38. The van der Waals surface area contributed by atoms with Crippen LogP contribution in [0.25, 0.3) is 0 Å². The van der Waals surface area contributed by atoms with Crippen LogP contribution in [0.5, 0.6) is 6.01 Å². The Kier molecular flexibility index (Phi) is 7.27. The molecule has 12 heteroatoms. The van der Waals surface area contributed by atoms with Crippen molar-refractivity contribution in [2.75, 3.05) is 23.3 Å². The molecule has 0 saturated heterocycles. The molecule has 0 bridgehead atoms. The summed E-state index contributed by atoms with van der Waals surface area (Å²) >= 11 is 0. The molecule has 0 aromatic carbocycles. The van der Waals surface area contributed by atoms with Gasteiger partial charge in [-0.15, -0.1) is 0 Å². The maximum Gasteiger partial charge on any atom is 0.434 e. The molecule has 0 aliphatic rings. The lowest BCUT2D eigenvalue weighted by Gasteiger charge is -2.24. The Morgan fingerprint density at radius 2 is 1.50 bits per heavy atom. The molecular formula is C14H21F6N5O. The first-order valence-corrected chi connectivity index (χ1v) is 7.99. The normalized spacial score (nSPS) is 13.7. The number of rotatable bonds is 8. The molecule has 0 fully saturated rings. The predicted octanol–water partition coefficient (Wildman–Crippen LogP) is 3.80. The Balaban J connectivity index is 3.30. The summed E-state index contributed by atoms with van der Waals surface area (Å²) in [4.78, 5) is 12.8. The van der Waals surface area contributed by atoms with Crippen LogP contribution >= 0.6 is 0 Å². The van der Waals surface area contributed by atoms with E-state index < -0.39 is 24.5 Å². The largest absolute Gasteiger partial charge is 0.440 e. The second-order valence-electron chi connectivity index (χ2n) is 5.45. The molecule has 1 unspecified atom stereocenters. The van der Waals surface area contributed by atoms with E-state index in [1.807, 2.05) is 6.92 Å². The summed E-state index contributed by atoms with van der Waals surface area (Å²) < 4.78 is 80.4.